The van der Waals surface area contributed by atoms with E-state index in [0.717, 1.165) is 51.6 Å². The van der Waals surface area contributed by atoms with Crippen molar-refractivity contribution in [1.29, 1.82) is 0 Å². The van der Waals surface area contributed by atoms with Crippen LogP contribution < -0.4 is 5.32 Å². The zero-order valence-electron chi connectivity index (χ0n) is 17.3. The zero-order chi connectivity index (χ0) is 19.9. The van der Waals surface area contributed by atoms with Gasteiger partial charge >= 0.3 is 0 Å². The minimum atomic E-state index is 0.254. The topological polar surface area (TPSA) is 35.6 Å². The van der Waals surface area contributed by atoms with E-state index in [1.807, 2.05) is 0 Å². The predicted molar refractivity (Wildman–Crippen MR) is 118 cm³/mol. The first-order valence-electron chi connectivity index (χ1n) is 11.1. The molecule has 4 heteroatoms. The summed E-state index contributed by atoms with van der Waals surface area (Å²) in [5.74, 6) is 1.07. The minimum Gasteiger partial charge on any atom is -0.340 e. The van der Waals surface area contributed by atoms with E-state index in [0.29, 0.717) is 12.3 Å². The molecule has 2 saturated heterocycles. The van der Waals surface area contributed by atoms with Crippen LogP contribution in [-0.4, -0.2) is 55.0 Å². The fourth-order valence-corrected chi connectivity index (χ4v) is 4.77. The normalized spacial score (nSPS) is 18.9. The molecule has 2 heterocycles. The lowest BCUT2D eigenvalue weighted by Crippen LogP contribution is -2.49. The number of benzene rings is 2. The Hall–Kier alpha value is -2.17. The number of amides is 1. The monoisotopic (exact) mass is 391 g/mol. The van der Waals surface area contributed by atoms with Crippen LogP contribution in [0.3, 0.4) is 0 Å². The molecule has 2 fully saturated rings. The lowest BCUT2D eigenvalue weighted by Gasteiger charge is -2.40. The summed E-state index contributed by atoms with van der Waals surface area (Å²) in [5, 5.41) is 3.41. The number of piperidine rings is 1. The molecule has 0 atom stereocenters. The predicted octanol–water partition coefficient (Wildman–Crippen LogP) is 3.70. The van der Waals surface area contributed by atoms with Gasteiger partial charge in [0, 0.05) is 32.6 Å². The van der Waals surface area contributed by atoms with Crippen LogP contribution >= 0.6 is 0 Å². The fourth-order valence-electron chi connectivity index (χ4n) is 4.77. The van der Waals surface area contributed by atoms with Gasteiger partial charge in [0.15, 0.2) is 0 Å². The summed E-state index contributed by atoms with van der Waals surface area (Å²) in [6, 6.07) is 21.7. The maximum absolute atomic E-state index is 12.7. The Morgan fingerprint density at radius 2 is 1.41 bits per heavy atom. The van der Waals surface area contributed by atoms with E-state index in [4.69, 9.17) is 0 Å². The summed E-state index contributed by atoms with van der Waals surface area (Å²) in [6.45, 7) is 5.74. The molecule has 0 spiro atoms. The van der Waals surface area contributed by atoms with Crippen molar-refractivity contribution in [2.75, 3.05) is 39.3 Å². The summed E-state index contributed by atoms with van der Waals surface area (Å²) in [5.41, 5.74) is 2.65. The highest BCUT2D eigenvalue weighted by atomic mass is 16.2. The number of piperazine rings is 1. The molecule has 0 aliphatic carbocycles. The molecular weight excluding hydrogens is 358 g/mol. The second-order valence-electron chi connectivity index (χ2n) is 8.37. The molecule has 2 aliphatic rings. The molecule has 4 nitrogen and oxygen atoms in total. The van der Waals surface area contributed by atoms with Gasteiger partial charge in [-0.3, -0.25) is 9.69 Å². The highest BCUT2D eigenvalue weighted by Crippen LogP contribution is 2.29. The van der Waals surface area contributed by atoms with E-state index in [2.05, 4.69) is 75.8 Å². The Morgan fingerprint density at radius 3 is 1.97 bits per heavy atom. The summed E-state index contributed by atoms with van der Waals surface area (Å²) in [7, 11) is 0. The molecule has 1 N–H and O–H groups in total. The molecule has 0 saturated carbocycles. The summed E-state index contributed by atoms with van der Waals surface area (Å²) >= 11 is 0. The number of hydrogen-bond acceptors (Lipinski definition) is 3. The molecular formula is C25H33N3O. The average Bonchev–Trinajstić information content (AvgIpc) is 2.80. The lowest BCUT2D eigenvalue weighted by atomic mass is 9.93. The first-order valence-corrected chi connectivity index (χ1v) is 11.1. The maximum Gasteiger partial charge on any atom is 0.222 e. The van der Waals surface area contributed by atoms with Crippen LogP contribution in [0.1, 0.15) is 42.9 Å². The van der Waals surface area contributed by atoms with Crippen molar-refractivity contribution < 1.29 is 4.79 Å². The molecule has 29 heavy (non-hydrogen) atoms. The van der Waals surface area contributed by atoms with Gasteiger partial charge < -0.3 is 10.2 Å². The largest absolute Gasteiger partial charge is 0.340 e. The third-order valence-corrected chi connectivity index (χ3v) is 6.49. The molecule has 0 radical (unpaired) electrons. The second kappa shape index (κ2) is 10.0. The highest BCUT2D eigenvalue weighted by Gasteiger charge is 2.28. The number of carbonyl (C=O) groups is 1. The van der Waals surface area contributed by atoms with Gasteiger partial charge in [-0.25, -0.2) is 0 Å². The fraction of sp³-hybridized carbons (Fsp3) is 0.480. The van der Waals surface area contributed by atoms with Gasteiger partial charge in [0.1, 0.15) is 0 Å². The Bertz CT molecular complexity index is 711. The number of hydrogen-bond donors (Lipinski definition) is 1. The lowest BCUT2D eigenvalue weighted by molar-refractivity contribution is -0.133. The van der Waals surface area contributed by atoms with Crippen LogP contribution in [0.15, 0.2) is 60.7 Å². The third kappa shape index (κ3) is 5.26. The first-order chi connectivity index (χ1) is 14.3. The van der Waals surface area contributed by atoms with Crippen LogP contribution in [0.25, 0.3) is 0 Å². The van der Waals surface area contributed by atoms with Gasteiger partial charge in [-0.15, -0.1) is 0 Å². The maximum atomic E-state index is 12.7. The Kier molecular flexibility index (Phi) is 6.96. The molecule has 1 amide bonds. The Labute approximate surface area is 174 Å². The second-order valence-corrected chi connectivity index (χ2v) is 8.37. The molecule has 2 aliphatic heterocycles. The minimum absolute atomic E-state index is 0.254. The molecule has 2 aromatic carbocycles. The summed E-state index contributed by atoms with van der Waals surface area (Å²) in [4.78, 5) is 17.4. The van der Waals surface area contributed by atoms with Crippen LogP contribution in [0.4, 0.5) is 0 Å². The smallest absolute Gasteiger partial charge is 0.222 e. The Balaban J connectivity index is 1.36. The highest BCUT2D eigenvalue weighted by molar-refractivity contribution is 5.76. The molecule has 0 bridgehead atoms. The van der Waals surface area contributed by atoms with Crippen LogP contribution in [0.2, 0.25) is 0 Å². The average molecular weight is 392 g/mol. The molecule has 154 valence electrons. The standard InChI is InChI=1S/C25H33N3O/c29-24(12-11-21-13-15-26-16-14-21)27-17-19-28(20-18-27)25(22-7-3-1-4-8-22)23-9-5-2-6-10-23/h1-10,21,25-26H,11-20H2. The van der Waals surface area contributed by atoms with Gasteiger partial charge in [-0.05, 0) is 49.4 Å². The van der Waals surface area contributed by atoms with Gasteiger partial charge in [0.2, 0.25) is 5.91 Å². The van der Waals surface area contributed by atoms with Crippen molar-refractivity contribution >= 4 is 5.91 Å². The van der Waals surface area contributed by atoms with Crippen molar-refractivity contribution in [2.45, 2.75) is 31.7 Å². The van der Waals surface area contributed by atoms with Gasteiger partial charge in [0.25, 0.3) is 0 Å². The van der Waals surface area contributed by atoms with Gasteiger partial charge in [-0.2, -0.15) is 0 Å². The zero-order valence-corrected chi connectivity index (χ0v) is 17.3. The molecule has 2 aromatic rings. The van der Waals surface area contributed by atoms with Crippen LogP contribution in [0.5, 0.6) is 0 Å². The van der Waals surface area contributed by atoms with E-state index >= 15 is 0 Å². The van der Waals surface area contributed by atoms with E-state index < -0.39 is 0 Å². The van der Waals surface area contributed by atoms with Crippen molar-refractivity contribution in [3.05, 3.63) is 71.8 Å². The van der Waals surface area contributed by atoms with Crippen molar-refractivity contribution in [3.63, 3.8) is 0 Å². The van der Waals surface area contributed by atoms with Crippen molar-refractivity contribution in [3.8, 4) is 0 Å². The van der Waals surface area contributed by atoms with Crippen molar-refractivity contribution in [1.82, 2.24) is 15.1 Å². The van der Waals surface area contributed by atoms with E-state index in [1.165, 1.54) is 24.0 Å². The summed E-state index contributed by atoms with van der Waals surface area (Å²) in [6.07, 6.45) is 4.20. The number of nitrogens with one attached hydrogen (secondary N) is 1. The Morgan fingerprint density at radius 1 is 0.862 bits per heavy atom. The van der Waals surface area contributed by atoms with E-state index in [-0.39, 0.29) is 6.04 Å². The van der Waals surface area contributed by atoms with Gasteiger partial charge in [-0.1, -0.05) is 60.7 Å². The molecule has 0 aromatic heterocycles. The SMILES string of the molecule is O=C(CCC1CCNCC1)N1CCN(C(c2ccccc2)c2ccccc2)CC1. The quantitative estimate of drug-likeness (QED) is 0.816. The molecule has 4 rings (SSSR count). The van der Waals surface area contributed by atoms with E-state index in [9.17, 15) is 4.79 Å². The number of nitrogens with zero attached hydrogens (tertiary/aromatic N) is 2. The summed E-state index contributed by atoms with van der Waals surface area (Å²) < 4.78 is 0. The molecule has 0 unspecified atom stereocenters. The van der Waals surface area contributed by atoms with Crippen molar-refractivity contribution in [2.24, 2.45) is 5.92 Å². The van der Waals surface area contributed by atoms with E-state index in [1.54, 1.807) is 0 Å². The third-order valence-electron chi connectivity index (χ3n) is 6.49. The first kappa shape index (κ1) is 20.1. The van der Waals surface area contributed by atoms with Crippen LogP contribution in [-0.2, 0) is 4.79 Å². The number of rotatable bonds is 6. The van der Waals surface area contributed by atoms with Gasteiger partial charge in [0.05, 0.1) is 6.04 Å². The van der Waals surface area contributed by atoms with Crippen LogP contribution in [0, 0.1) is 5.92 Å². The number of carbonyl (C=O) groups excluding carboxylic acids is 1.